The predicted molar refractivity (Wildman–Crippen MR) is 199 cm³/mol. The number of aliphatic hydroxyl groups excluding tert-OH is 5. The van der Waals surface area contributed by atoms with Crippen molar-refractivity contribution in [3.8, 4) is 22.9 Å². The number of H-pyrrole nitrogens is 1. The number of rotatable bonds is 14. The van der Waals surface area contributed by atoms with Crippen LogP contribution in [-0.4, -0.2) is 106 Å². The minimum Gasteiger partial charge on any atom is -0.508 e. The summed E-state index contributed by atoms with van der Waals surface area (Å²) in [6, 6.07) is 12.0. The molecular formula is C40H44N2O13. The van der Waals surface area contributed by atoms with Crippen LogP contribution in [0, 0.1) is 6.92 Å². The molecule has 0 spiro atoms. The first kappa shape index (κ1) is 38.3. The number of hydrogen-bond acceptors (Lipinski definition) is 13. The summed E-state index contributed by atoms with van der Waals surface area (Å²) in [5, 5.41) is 86.2. The Morgan fingerprint density at radius 2 is 1.84 bits per heavy atom. The summed E-state index contributed by atoms with van der Waals surface area (Å²) in [5.74, 6) is 0.607. The fraction of sp³-hybridized carbons (Fsp3) is 0.375. The zero-order chi connectivity index (χ0) is 39.2. The Bertz CT molecular complexity index is 2370. The molecule has 15 nitrogen and oxygen atoms in total. The second-order valence-electron chi connectivity index (χ2n) is 14.6. The summed E-state index contributed by atoms with van der Waals surface area (Å²) in [5.41, 5.74) is -1.26. The van der Waals surface area contributed by atoms with Crippen LogP contribution in [-0.2, 0) is 22.6 Å². The van der Waals surface area contributed by atoms with E-state index >= 15 is 0 Å². The number of nitrogens with one attached hydrogen (secondary N) is 1. The number of fused-ring (bicyclic) bond motifs is 4. The van der Waals surface area contributed by atoms with E-state index in [2.05, 4.69) is 4.98 Å². The molecule has 0 radical (unpaired) electrons. The molecular weight excluding hydrogens is 716 g/mol. The molecule has 7 rings (SSSR count). The first-order valence-electron chi connectivity index (χ1n) is 17.9. The van der Waals surface area contributed by atoms with Gasteiger partial charge in [-0.2, -0.15) is 0 Å². The zero-order valence-electron chi connectivity index (χ0n) is 30.2. The summed E-state index contributed by atoms with van der Waals surface area (Å²) in [7, 11) is 0. The summed E-state index contributed by atoms with van der Waals surface area (Å²) in [6.07, 6.45) is -1.05. The van der Waals surface area contributed by atoms with Gasteiger partial charge in [0, 0.05) is 60.4 Å². The number of ether oxygens (including phenoxy) is 1. The Kier molecular flexibility index (Phi) is 10.4. The number of aromatic nitrogens is 2. The molecule has 0 aliphatic carbocycles. The van der Waals surface area contributed by atoms with E-state index in [4.69, 9.17) is 18.9 Å². The fourth-order valence-corrected chi connectivity index (χ4v) is 7.45. The average molecular weight is 761 g/mol. The van der Waals surface area contributed by atoms with Gasteiger partial charge in [-0.25, -0.2) is 9.78 Å². The zero-order valence-corrected chi connectivity index (χ0v) is 30.2. The number of nitrogens with zero attached hydrogens (tertiary/aromatic N) is 1. The van der Waals surface area contributed by atoms with Gasteiger partial charge in [-0.05, 0) is 74.0 Å². The van der Waals surface area contributed by atoms with E-state index in [1.165, 1.54) is 36.4 Å². The van der Waals surface area contributed by atoms with E-state index in [1.54, 1.807) is 19.9 Å². The van der Waals surface area contributed by atoms with E-state index in [1.807, 2.05) is 29.2 Å². The molecule has 0 saturated heterocycles. The van der Waals surface area contributed by atoms with E-state index < -0.39 is 55.3 Å². The normalized spacial score (nSPS) is 20.0. The molecule has 3 aromatic carbocycles. The van der Waals surface area contributed by atoms with Crippen molar-refractivity contribution in [2.75, 3.05) is 19.8 Å². The van der Waals surface area contributed by atoms with Crippen molar-refractivity contribution in [3.05, 3.63) is 94.2 Å². The van der Waals surface area contributed by atoms with Crippen molar-refractivity contribution in [1.82, 2.24) is 9.55 Å². The van der Waals surface area contributed by atoms with E-state index in [9.17, 15) is 45.6 Å². The lowest BCUT2D eigenvalue weighted by Gasteiger charge is -2.43. The summed E-state index contributed by atoms with van der Waals surface area (Å²) in [6.45, 7) is 1.60. The molecule has 15 heteroatoms. The van der Waals surface area contributed by atoms with Gasteiger partial charge in [-0.3, -0.25) is 4.79 Å². The highest BCUT2D eigenvalue weighted by Gasteiger charge is 2.47. The van der Waals surface area contributed by atoms with Crippen LogP contribution in [0.5, 0.6) is 17.2 Å². The van der Waals surface area contributed by atoms with Crippen LogP contribution in [0.1, 0.15) is 36.7 Å². The number of phenols is 2. The van der Waals surface area contributed by atoms with Crippen molar-refractivity contribution in [3.63, 3.8) is 0 Å². The minimum absolute atomic E-state index is 0.101. The highest BCUT2D eigenvalue weighted by Crippen LogP contribution is 2.45. The summed E-state index contributed by atoms with van der Waals surface area (Å²) >= 11 is 0. The van der Waals surface area contributed by atoms with Crippen LogP contribution in [0.25, 0.3) is 38.3 Å². The molecule has 9 N–H and O–H groups in total. The van der Waals surface area contributed by atoms with Gasteiger partial charge in [-0.15, -0.1) is 0 Å². The molecule has 1 aliphatic rings. The average Bonchev–Trinajstić information content (AvgIpc) is 3.77. The highest BCUT2D eigenvalue weighted by molar-refractivity contribution is 5.92. The second-order valence-corrected chi connectivity index (χ2v) is 14.6. The first-order chi connectivity index (χ1) is 26.2. The first-order valence-corrected chi connectivity index (χ1v) is 17.9. The van der Waals surface area contributed by atoms with Crippen molar-refractivity contribution >= 4 is 32.6 Å². The molecule has 6 aromatic rings. The third-order valence-corrected chi connectivity index (χ3v) is 10.5. The number of aliphatic hydroxyl groups is 6. The van der Waals surface area contributed by atoms with Crippen LogP contribution in [0.4, 0.5) is 0 Å². The molecule has 292 valence electrons. The monoisotopic (exact) mass is 760 g/mol. The van der Waals surface area contributed by atoms with Gasteiger partial charge in [0.25, 0.3) is 0 Å². The number of phenolic OH excluding ortho intramolecular Hbond substituents is 2. The number of aromatic hydroxyl groups is 2. The number of hydrogen-bond donors (Lipinski definition) is 9. The van der Waals surface area contributed by atoms with E-state index in [-0.39, 0.29) is 36.4 Å². The quantitative estimate of drug-likeness (QED) is 0.0574. The predicted octanol–water partition coefficient (Wildman–Crippen LogP) is 2.77. The number of benzene rings is 3. The summed E-state index contributed by atoms with van der Waals surface area (Å²) in [4.78, 5) is 28.3. The van der Waals surface area contributed by atoms with Gasteiger partial charge in [0.1, 0.15) is 65.2 Å². The Morgan fingerprint density at radius 3 is 2.58 bits per heavy atom. The fourth-order valence-electron chi connectivity index (χ4n) is 7.45. The lowest BCUT2D eigenvalue weighted by atomic mass is 9.84. The van der Waals surface area contributed by atoms with Gasteiger partial charge < -0.3 is 59.6 Å². The molecule has 1 aliphatic heterocycles. The van der Waals surface area contributed by atoms with Gasteiger partial charge in [-0.1, -0.05) is 6.07 Å². The van der Waals surface area contributed by atoms with Gasteiger partial charge >= 0.3 is 0 Å². The molecule has 0 saturated carbocycles. The van der Waals surface area contributed by atoms with Crippen LogP contribution in [0.15, 0.2) is 76.3 Å². The molecule has 0 amide bonds. The van der Waals surface area contributed by atoms with Gasteiger partial charge in [0.05, 0.1) is 17.5 Å². The largest absolute Gasteiger partial charge is 0.508 e. The highest BCUT2D eigenvalue weighted by atomic mass is 17.2. The van der Waals surface area contributed by atoms with Crippen LogP contribution < -0.4 is 10.2 Å². The molecule has 6 atom stereocenters. The number of aryl methyl sites for hydroxylation is 1. The van der Waals surface area contributed by atoms with E-state index in [0.29, 0.717) is 56.5 Å². The Labute approximate surface area is 313 Å². The molecule has 0 unspecified atom stereocenters. The van der Waals surface area contributed by atoms with Gasteiger partial charge in [0.15, 0.2) is 16.8 Å². The Hall–Kier alpha value is -4.97. The lowest BCUT2D eigenvalue weighted by molar-refractivity contribution is -0.371. The van der Waals surface area contributed by atoms with Crippen molar-refractivity contribution in [2.24, 2.45) is 0 Å². The van der Waals surface area contributed by atoms with Crippen molar-refractivity contribution in [2.45, 2.75) is 75.1 Å². The Morgan fingerprint density at radius 1 is 1.04 bits per heavy atom. The minimum atomic E-state index is -2.39. The molecule has 0 bridgehead atoms. The van der Waals surface area contributed by atoms with E-state index in [0.717, 1.165) is 10.9 Å². The maximum atomic E-state index is 13.3. The molecule has 4 heterocycles. The van der Waals surface area contributed by atoms with Crippen molar-refractivity contribution in [1.29, 1.82) is 0 Å². The van der Waals surface area contributed by atoms with Crippen molar-refractivity contribution < 1.29 is 59.8 Å². The summed E-state index contributed by atoms with van der Waals surface area (Å²) < 4.78 is 14.8. The molecule has 55 heavy (non-hydrogen) atoms. The topological polar surface area (TPSA) is 240 Å². The smallest absolute Gasteiger partial charge is 0.193 e. The standard InChI is InChI=1S/C40H44N2O13/c1-21-12-31(47)28-13-24-14-33(39(2,9-3-11-43)54-36(24)34(37(28)53-21)42-17-23-8-10-41-29(23)18-42)55-52-20-40(51,38(50)35(49)32(48)19-44)16-22-4-7-30(46)26-6-5-25(45)15-27(22)26/h4-8,10,12-13,15,17-18,32-33,35,38,41,43-46,48-51H,3,9,11,14,16,19-20H2,1-2H3/t32-,33-,35-,38+,39-,40+/m1/s1. The maximum absolute atomic E-state index is 13.3. The van der Waals surface area contributed by atoms with Gasteiger partial charge in [0.2, 0.25) is 0 Å². The SMILES string of the molecule is Cc1cc(=O)c2cc3c(c(-n4cc5cc[nH]c5c4)c2o1)O[C@](C)(CCCO)[C@H](OOC[C@@](O)(Cc1ccc(O)c2ccc(O)cc12)[C@@H](O)[C@H](O)[C@H](O)CO)C3. The van der Waals surface area contributed by atoms with Crippen LogP contribution in [0.3, 0.4) is 0 Å². The Balaban J connectivity index is 1.25. The van der Waals surface area contributed by atoms with Crippen LogP contribution in [0.2, 0.25) is 0 Å². The third kappa shape index (κ3) is 7.16. The second kappa shape index (κ2) is 14.9. The maximum Gasteiger partial charge on any atom is 0.193 e. The molecule has 3 aromatic heterocycles. The third-order valence-electron chi connectivity index (χ3n) is 10.5. The molecule has 0 fully saturated rings. The number of aromatic amines is 1. The van der Waals surface area contributed by atoms with Crippen LogP contribution >= 0.6 is 0 Å². The lowest BCUT2D eigenvalue weighted by Crippen LogP contribution is -2.58.